The fourth-order valence-electron chi connectivity index (χ4n) is 4.11. The molecule has 1 aliphatic heterocycles. The van der Waals surface area contributed by atoms with Gasteiger partial charge < -0.3 is 10.6 Å². The second-order valence-electron chi connectivity index (χ2n) is 9.33. The molecule has 2 N–H and O–H groups in total. The van der Waals surface area contributed by atoms with Crippen molar-refractivity contribution >= 4 is 23.3 Å². The predicted octanol–water partition coefficient (Wildman–Crippen LogP) is 4.46. The molecule has 0 radical (unpaired) electrons. The smallest absolute Gasteiger partial charge is 0.255 e. The number of aryl methyl sites for hydroxylation is 1. The van der Waals surface area contributed by atoms with Gasteiger partial charge in [0, 0.05) is 46.5 Å². The van der Waals surface area contributed by atoms with Crippen LogP contribution in [-0.4, -0.2) is 31.8 Å². The van der Waals surface area contributed by atoms with E-state index < -0.39 is 5.41 Å². The first-order chi connectivity index (χ1) is 17.7. The Hall–Kier alpha value is -4.97. The Balaban J connectivity index is 1.45. The van der Waals surface area contributed by atoms with Crippen LogP contribution in [0, 0.1) is 18.3 Å². The number of benzene rings is 1. The number of pyridine rings is 2. The summed E-state index contributed by atoms with van der Waals surface area (Å²) in [6.07, 6.45) is 5.10. The van der Waals surface area contributed by atoms with Crippen LogP contribution in [0.15, 0.2) is 61.1 Å². The van der Waals surface area contributed by atoms with Gasteiger partial charge in [0.2, 0.25) is 5.91 Å². The largest absolute Gasteiger partial charge is 0.322 e. The van der Waals surface area contributed by atoms with Gasteiger partial charge in [-0.2, -0.15) is 5.26 Å². The van der Waals surface area contributed by atoms with E-state index in [1.54, 1.807) is 44.4 Å². The van der Waals surface area contributed by atoms with E-state index in [1.165, 1.54) is 6.20 Å². The number of fused-ring (bicyclic) bond motifs is 1. The van der Waals surface area contributed by atoms with Crippen LogP contribution < -0.4 is 10.6 Å². The van der Waals surface area contributed by atoms with Crippen molar-refractivity contribution in [2.45, 2.75) is 32.6 Å². The molecule has 0 unspecified atom stereocenters. The lowest BCUT2D eigenvalue weighted by Crippen LogP contribution is -2.18. The van der Waals surface area contributed by atoms with Gasteiger partial charge in [-0.15, -0.1) is 0 Å². The van der Waals surface area contributed by atoms with E-state index in [4.69, 9.17) is 4.98 Å². The summed E-state index contributed by atoms with van der Waals surface area (Å²) in [5, 5.41) is 15.1. The number of nitrogens with zero attached hydrogens (tertiary/aromatic N) is 5. The molecule has 0 aliphatic carbocycles. The highest BCUT2D eigenvalue weighted by atomic mass is 16.2. The molecule has 2 amide bonds. The van der Waals surface area contributed by atoms with Gasteiger partial charge in [0.05, 0.1) is 29.3 Å². The highest BCUT2D eigenvalue weighted by molar-refractivity contribution is 6.04. The maximum atomic E-state index is 13.0. The third kappa shape index (κ3) is 4.65. The molecule has 4 aromatic rings. The number of rotatable bonds is 5. The molecule has 182 valence electrons. The Bertz CT molecular complexity index is 1600. The number of hydrogen-bond donors (Lipinski definition) is 2. The predicted molar refractivity (Wildman–Crippen MR) is 139 cm³/mol. The first kappa shape index (κ1) is 23.8. The van der Waals surface area contributed by atoms with E-state index in [9.17, 15) is 14.9 Å². The van der Waals surface area contributed by atoms with Crippen molar-refractivity contribution in [3.05, 3.63) is 83.4 Å². The van der Waals surface area contributed by atoms with Gasteiger partial charge in [0.25, 0.3) is 5.91 Å². The lowest BCUT2D eigenvalue weighted by atomic mass is 9.90. The maximum Gasteiger partial charge on any atom is 0.255 e. The van der Waals surface area contributed by atoms with Crippen molar-refractivity contribution in [3.63, 3.8) is 0 Å². The molecule has 1 aromatic carbocycles. The summed E-state index contributed by atoms with van der Waals surface area (Å²) in [6.45, 7) is 5.46. The average molecular weight is 490 g/mol. The van der Waals surface area contributed by atoms with Crippen molar-refractivity contribution in [1.29, 1.82) is 5.26 Å². The molecule has 9 heteroatoms. The number of carbonyl (C=O) groups excluding carboxylic acids is 2. The fraction of sp³-hybridized carbons (Fsp3) is 0.179. The van der Waals surface area contributed by atoms with Crippen LogP contribution >= 0.6 is 0 Å². The van der Waals surface area contributed by atoms with E-state index in [1.807, 2.05) is 31.2 Å². The van der Waals surface area contributed by atoms with Crippen LogP contribution in [0.5, 0.6) is 0 Å². The Morgan fingerprint density at radius 2 is 1.81 bits per heavy atom. The summed E-state index contributed by atoms with van der Waals surface area (Å²) in [4.78, 5) is 42.6. The van der Waals surface area contributed by atoms with Gasteiger partial charge in [-0.3, -0.25) is 14.6 Å². The molecule has 3 aromatic heterocycles. The Morgan fingerprint density at radius 1 is 1.03 bits per heavy atom. The Kier molecular flexibility index (Phi) is 5.93. The second-order valence-corrected chi connectivity index (χ2v) is 9.33. The number of nitrogens with one attached hydrogen (secondary N) is 2. The van der Waals surface area contributed by atoms with E-state index >= 15 is 0 Å². The molecular weight excluding hydrogens is 466 g/mol. The zero-order valence-electron chi connectivity index (χ0n) is 20.5. The van der Waals surface area contributed by atoms with Crippen molar-refractivity contribution in [2.24, 2.45) is 0 Å². The summed E-state index contributed by atoms with van der Waals surface area (Å²) < 4.78 is 0. The third-order valence-corrected chi connectivity index (χ3v) is 6.26. The second kappa shape index (κ2) is 9.24. The molecule has 0 bridgehead atoms. The van der Waals surface area contributed by atoms with Gasteiger partial charge in [-0.25, -0.2) is 15.0 Å². The lowest BCUT2D eigenvalue weighted by molar-refractivity contribution is -0.115. The summed E-state index contributed by atoms with van der Waals surface area (Å²) in [6, 6.07) is 14.6. The highest BCUT2D eigenvalue weighted by Gasteiger charge is 2.24. The van der Waals surface area contributed by atoms with E-state index in [0.29, 0.717) is 34.3 Å². The summed E-state index contributed by atoms with van der Waals surface area (Å²) >= 11 is 0. The molecule has 9 nitrogen and oxygen atoms in total. The summed E-state index contributed by atoms with van der Waals surface area (Å²) in [5.74, 6) is 0.643. The number of aromatic nitrogens is 4. The number of anilines is 2. The zero-order chi connectivity index (χ0) is 26.2. The maximum absolute atomic E-state index is 13.0. The number of hydrogen-bond acceptors (Lipinski definition) is 7. The molecular formula is C28H23N7O2. The van der Waals surface area contributed by atoms with Crippen LogP contribution in [0.25, 0.3) is 22.6 Å². The summed E-state index contributed by atoms with van der Waals surface area (Å²) in [7, 11) is 0. The molecule has 4 heterocycles. The zero-order valence-corrected chi connectivity index (χ0v) is 20.5. The van der Waals surface area contributed by atoms with Crippen molar-refractivity contribution in [2.75, 3.05) is 10.6 Å². The molecule has 0 saturated heterocycles. The minimum atomic E-state index is -0.812. The minimum Gasteiger partial charge on any atom is -0.322 e. The van der Waals surface area contributed by atoms with Gasteiger partial charge in [0.1, 0.15) is 5.82 Å². The molecule has 37 heavy (non-hydrogen) atoms. The monoisotopic (exact) mass is 489 g/mol. The molecule has 5 rings (SSSR count). The van der Waals surface area contributed by atoms with Crippen LogP contribution in [0.2, 0.25) is 0 Å². The lowest BCUT2D eigenvalue weighted by Gasteiger charge is -2.15. The molecule has 0 saturated carbocycles. The highest BCUT2D eigenvalue weighted by Crippen LogP contribution is 2.32. The van der Waals surface area contributed by atoms with Crippen LogP contribution in [0.1, 0.15) is 41.0 Å². The fourth-order valence-corrected chi connectivity index (χ4v) is 4.11. The van der Waals surface area contributed by atoms with E-state index in [2.05, 4.69) is 31.7 Å². The van der Waals surface area contributed by atoms with Crippen LogP contribution in [0.3, 0.4) is 0 Å². The topological polar surface area (TPSA) is 134 Å². The van der Waals surface area contributed by atoms with Gasteiger partial charge in [-0.1, -0.05) is 6.07 Å². The third-order valence-electron chi connectivity index (χ3n) is 6.26. The van der Waals surface area contributed by atoms with Gasteiger partial charge in [0.15, 0.2) is 5.82 Å². The number of nitriles is 1. The van der Waals surface area contributed by atoms with E-state index in [0.717, 1.165) is 22.3 Å². The Labute approximate surface area is 213 Å². The first-order valence-corrected chi connectivity index (χ1v) is 11.7. The first-order valence-electron chi connectivity index (χ1n) is 11.7. The van der Waals surface area contributed by atoms with Crippen molar-refractivity contribution in [1.82, 2.24) is 19.9 Å². The molecule has 0 fully saturated rings. The SMILES string of the molecule is Cc1ccc(NC(=O)c2ccnc(C(C)(C)C#N)c2)cc1-c1nccc(-c2ccnc3c2CC(=O)N3)n1. The average Bonchev–Trinajstić information content (AvgIpc) is 3.30. The number of carbonyl (C=O) groups is 2. The number of amides is 2. The minimum absolute atomic E-state index is 0.0963. The normalized spacial score (nSPS) is 12.4. The standard InChI is InChI=1S/C28H23N7O2/c1-16-4-5-18(33-27(37)17-6-9-30-23(12-17)28(2,3)15-29)13-20(16)25-32-11-8-22(34-25)19-7-10-31-26-21(19)14-24(36)35-26/h4-13H,14H2,1-3H3,(H,33,37)(H,31,35,36). The van der Waals surface area contributed by atoms with Crippen molar-refractivity contribution in [3.8, 4) is 28.7 Å². The molecule has 0 atom stereocenters. The van der Waals surface area contributed by atoms with Gasteiger partial charge >= 0.3 is 0 Å². The quantitative estimate of drug-likeness (QED) is 0.423. The van der Waals surface area contributed by atoms with Crippen molar-refractivity contribution < 1.29 is 9.59 Å². The van der Waals surface area contributed by atoms with Crippen LogP contribution in [0.4, 0.5) is 11.5 Å². The summed E-state index contributed by atoms with van der Waals surface area (Å²) in [5.41, 5.74) is 4.72. The molecule has 1 aliphatic rings. The Morgan fingerprint density at radius 3 is 2.62 bits per heavy atom. The van der Waals surface area contributed by atoms with E-state index in [-0.39, 0.29) is 18.2 Å². The molecule has 0 spiro atoms. The van der Waals surface area contributed by atoms with Crippen LogP contribution in [-0.2, 0) is 16.6 Å². The van der Waals surface area contributed by atoms with Gasteiger partial charge in [-0.05, 0) is 62.7 Å².